The van der Waals surface area contributed by atoms with Gasteiger partial charge in [0.1, 0.15) is 42.2 Å². The predicted octanol–water partition coefficient (Wildman–Crippen LogP) is 5.01. The number of benzene rings is 4. The van der Waals surface area contributed by atoms with Crippen LogP contribution in [-0.2, 0) is 84.4 Å². The van der Waals surface area contributed by atoms with Gasteiger partial charge in [0.2, 0.25) is 6.29 Å². The van der Waals surface area contributed by atoms with Crippen LogP contribution in [0.2, 0.25) is 0 Å². The molecule has 4 aromatic carbocycles. The first-order chi connectivity index (χ1) is 39.6. The van der Waals surface area contributed by atoms with Crippen molar-refractivity contribution in [1.29, 1.82) is 0 Å². The summed E-state index contributed by atoms with van der Waals surface area (Å²) in [6.07, 6.45) is -5.35. The maximum Gasteiger partial charge on any atom is 0.344 e. The summed E-state index contributed by atoms with van der Waals surface area (Å²) < 4.78 is 90.5. The van der Waals surface area contributed by atoms with Crippen molar-refractivity contribution >= 4 is 41.0 Å². The van der Waals surface area contributed by atoms with E-state index in [1.807, 2.05) is 18.2 Å². The quantitative estimate of drug-likeness (QED) is 0.0141. The second-order valence-electron chi connectivity index (χ2n) is 17.6. The van der Waals surface area contributed by atoms with E-state index < -0.39 is 77.5 Å². The summed E-state index contributed by atoms with van der Waals surface area (Å²) in [6.45, 7) is 4.70. The van der Waals surface area contributed by atoms with Crippen LogP contribution in [0.4, 0.5) is 5.69 Å². The normalized spacial score (nSPS) is 17.7. The molecule has 0 radical (unpaired) electrons. The van der Waals surface area contributed by atoms with E-state index in [0.29, 0.717) is 96.2 Å². The molecule has 5 atom stereocenters. The van der Waals surface area contributed by atoms with Gasteiger partial charge in [0.25, 0.3) is 11.8 Å². The third-order valence-electron chi connectivity index (χ3n) is 12.0. The van der Waals surface area contributed by atoms with Crippen molar-refractivity contribution in [2.45, 2.75) is 43.9 Å². The summed E-state index contributed by atoms with van der Waals surface area (Å²) >= 11 is 5.99. The molecule has 81 heavy (non-hydrogen) atoms. The van der Waals surface area contributed by atoms with Crippen LogP contribution in [0.15, 0.2) is 97.1 Å². The van der Waals surface area contributed by atoms with E-state index in [1.54, 1.807) is 55.6 Å². The molecule has 25 heteroatoms. The fraction of sp³-hybridized carbons (Fsp3) is 0.500. The Morgan fingerprint density at radius 3 is 1.67 bits per heavy atom. The first-order valence-corrected chi connectivity index (χ1v) is 26.7. The smallest absolute Gasteiger partial charge is 0.344 e. The molecule has 0 unspecified atom stereocenters. The van der Waals surface area contributed by atoms with Crippen molar-refractivity contribution in [2.24, 2.45) is 0 Å². The number of rotatable bonds is 41. The monoisotopic (exact) mass is 1160 g/mol. The molecule has 0 aromatic heterocycles. The molecule has 2 amide bonds. The van der Waals surface area contributed by atoms with Crippen molar-refractivity contribution in [3.05, 3.63) is 129 Å². The molecular formula is C56H69ClN2O22. The number of alkyl halides is 1. The number of ether oxygens (including phenoxy) is 16. The standard InChI is InChI=1S/C56H69ClN2O22/c1-66-18-19-68-20-21-69-22-23-70-24-25-71-26-27-72-28-29-73-30-31-74-32-33-76-50(61)39-77-47-17-12-41(34-46(47)59(64)65)36-75-38-48-52(81-49(60)35-57)53(78-37-40-8-4-3-5-9-40)51(56(80-48)79-43-15-13-42(67-2)14-16-43)58-54(62)44-10-6-7-11-45(44)55(58)63/h3-17,34,48,51-53,56H,18-33,35-39H2,1-2H3/t48-,51-,52-,53-,56-/m1/s1. The van der Waals surface area contributed by atoms with Crippen LogP contribution >= 0.6 is 11.6 Å². The average Bonchev–Trinajstić information content (AvgIpc) is 3.91. The number of carbonyl (C=O) groups is 4. The Morgan fingerprint density at radius 2 is 1.14 bits per heavy atom. The van der Waals surface area contributed by atoms with E-state index in [0.717, 1.165) is 4.90 Å². The topological polar surface area (TPSA) is 262 Å². The van der Waals surface area contributed by atoms with Gasteiger partial charge in [-0.15, -0.1) is 11.6 Å². The molecule has 6 rings (SSSR count). The number of esters is 2. The zero-order valence-electron chi connectivity index (χ0n) is 45.2. The number of amides is 2. The zero-order valence-corrected chi connectivity index (χ0v) is 46.0. The highest BCUT2D eigenvalue weighted by molar-refractivity contribution is 6.26. The Labute approximate surface area is 473 Å². The fourth-order valence-electron chi connectivity index (χ4n) is 8.11. The van der Waals surface area contributed by atoms with Crippen molar-refractivity contribution in [1.82, 2.24) is 4.90 Å². The Hall–Kier alpha value is -6.39. The number of carbonyl (C=O) groups excluding carboxylic acids is 4. The Balaban J connectivity index is 0.954. The summed E-state index contributed by atoms with van der Waals surface area (Å²) in [5.41, 5.74) is 0.859. The van der Waals surface area contributed by atoms with Gasteiger partial charge in [-0.05, 0) is 53.6 Å². The van der Waals surface area contributed by atoms with E-state index in [9.17, 15) is 29.3 Å². The summed E-state index contributed by atoms with van der Waals surface area (Å²) in [5.74, 6) is -2.94. The maximum absolute atomic E-state index is 14.2. The first kappa shape index (κ1) is 63.8. The summed E-state index contributed by atoms with van der Waals surface area (Å²) in [6, 6.07) is 24.5. The number of fused-ring (bicyclic) bond motifs is 1. The number of nitrogens with zero attached hydrogens (tertiary/aromatic N) is 2. The molecule has 0 spiro atoms. The SMILES string of the molecule is COCCOCCOCCOCCOCCOCCOCCOCCOC(=O)COc1ccc(COC[C@H]2O[C@@H](Oc3ccc(OC)cc3)[C@H](N3C(=O)c4ccccc4C3=O)[C@@H](OCc3ccccc3)[C@@H]2OC(=O)CCl)cc1[N+](=O)[O-]. The molecule has 0 bridgehead atoms. The number of nitro groups is 1. The number of hydrogen-bond donors (Lipinski definition) is 0. The van der Waals surface area contributed by atoms with E-state index in [-0.39, 0.29) is 68.9 Å². The van der Waals surface area contributed by atoms with Crippen molar-refractivity contribution in [2.75, 3.05) is 139 Å². The third kappa shape index (κ3) is 21.1. The largest absolute Gasteiger partial charge is 0.497 e. The lowest BCUT2D eigenvalue weighted by Crippen LogP contribution is -2.68. The van der Waals surface area contributed by atoms with Crippen LogP contribution in [0.5, 0.6) is 17.2 Å². The molecule has 0 aliphatic carbocycles. The third-order valence-corrected chi connectivity index (χ3v) is 12.2. The van der Waals surface area contributed by atoms with Crippen molar-refractivity contribution in [3.63, 3.8) is 0 Å². The van der Waals surface area contributed by atoms with E-state index in [1.165, 1.54) is 37.4 Å². The van der Waals surface area contributed by atoms with Crippen LogP contribution in [0.3, 0.4) is 0 Å². The Morgan fingerprint density at radius 1 is 0.605 bits per heavy atom. The summed E-state index contributed by atoms with van der Waals surface area (Å²) in [4.78, 5) is 66.6. The number of hydrogen-bond acceptors (Lipinski definition) is 22. The van der Waals surface area contributed by atoms with Crippen molar-refractivity contribution in [3.8, 4) is 17.2 Å². The highest BCUT2D eigenvalue weighted by Crippen LogP contribution is 2.37. The molecule has 1 saturated heterocycles. The van der Waals surface area contributed by atoms with Crippen LogP contribution < -0.4 is 14.2 Å². The van der Waals surface area contributed by atoms with E-state index in [2.05, 4.69) is 0 Å². The molecule has 0 saturated carbocycles. The Bertz CT molecular complexity index is 2490. The van der Waals surface area contributed by atoms with E-state index >= 15 is 0 Å². The van der Waals surface area contributed by atoms with Gasteiger partial charge in [0.05, 0.1) is 142 Å². The minimum absolute atomic E-state index is 0.0652. The van der Waals surface area contributed by atoms with Crippen LogP contribution in [-0.4, -0.2) is 203 Å². The van der Waals surface area contributed by atoms with E-state index in [4.69, 9.17) is 87.4 Å². The summed E-state index contributed by atoms with van der Waals surface area (Å²) in [7, 11) is 3.12. The van der Waals surface area contributed by atoms with Gasteiger partial charge in [-0.3, -0.25) is 29.4 Å². The van der Waals surface area contributed by atoms with Crippen molar-refractivity contribution < 1.29 is 99.9 Å². The lowest BCUT2D eigenvalue weighted by molar-refractivity contribution is -0.385. The molecule has 442 valence electrons. The van der Waals surface area contributed by atoms with Gasteiger partial charge in [-0.2, -0.15) is 0 Å². The second-order valence-corrected chi connectivity index (χ2v) is 17.8. The minimum atomic E-state index is -1.45. The molecule has 24 nitrogen and oxygen atoms in total. The molecular weight excluding hydrogens is 1090 g/mol. The van der Waals surface area contributed by atoms with Gasteiger partial charge < -0.3 is 75.8 Å². The number of imide groups is 1. The molecule has 0 N–H and O–H groups in total. The van der Waals surface area contributed by atoms with Crippen LogP contribution in [0.1, 0.15) is 31.8 Å². The molecule has 2 heterocycles. The van der Waals surface area contributed by atoms with Gasteiger partial charge >= 0.3 is 17.6 Å². The predicted molar refractivity (Wildman–Crippen MR) is 285 cm³/mol. The molecule has 1 fully saturated rings. The maximum atomic E-state index is 14.2. The Kier molecular flexibility index (Phi) is 28.5. The highest BCUT2D eigenvalue weighted by atomic mass is 35.5. The number of methoxy groups -OCH3 is 2. The fourth-order valence-corrected chi connectivity index (χ4v) is 8.17. The lowest BCUT2D eigenvalue weighted by Gasteiger charge is -2.47. The molecule has 4 aromatic rings. The first-order valence-electron chi connectivity index (χ1n) is 26.1. The number of nitro benzene ring substituents is 1. The zero-order chi connectivity index (χ0) is 57.4. The van der Waals surface area contributed by atoms with Gasteiger partial charge in [-0.25, -0.2) is 4.79 Å². The highest BCUT2D eigenvalue weighted by Gasteiger charge is 2.57. The van der Waals surface area contributed by atoms with Crippen LogP contribution in [0.25, 0.3) is 0 Å². The van der Waals surface area contributed by atoms with Crippen LogP contribution in [0, 0.1) is 10.1 Å². The minimum Gasteiger partial charge on any atom is -0.497 e. The van der Waals surface area contributed by atoms with Gasteiger partial charge in [-0.1, -0.05) is 48.5 Å². The van der Waals surface area contributed by atoms with Gasteiger partial charge in [0, 0.05) is 13.2 Å². The number of halogens is 1. The molecule has 2 aliphatic heterocycles. The average molecular weight is 1160 g/mol. The molecule has 2 aliphatic rings. The summed E-state index contributed by atoms with van der Waals surface area (Å²) in [5, 5.41) is 12.2. The lowest BCUT2D eigenvalue weighted by atomic mass is 9.94. The second kappa shape index (κ2) is 36.2. The van der Waals surface area contributed by atoms with Gasteiger partial charge in [0.15, 0.2) is 18.5 Å².